The van der Waals surface area contributed by atoms with Crippen molar-refractivity contribution in [1.29, 1.82) is 0 Å². The van der Waals surface area contributed by atoms with Crippen LogP contribution in [0.5, 0.6) is 5.75 Å². The highest BCUT2D eigenvalue weighted by molar-refractivity contribution is 7.15. The maximum atomic E-state index is 15.0. The van der Waals surface area contributed by atoms with Gasteiger partial charge in [0.2, 0.25) is 0 Å². The van der Waals surface area contributed by atoms with Crippen LogP contribution in [0.25, 0.3) is 10.4 Å². The van der Waals surface area contributed by atoms with E-state index >= 15 is 4.39 Å². The summed E-state index contributed by atoms with van der Waals surface area (Å²) in [5.41, 5.74) is -0.331. The number of aromatic nitrogens is 1. The Hall–Kier alpha value is -3.05. The summed E-state index contributed by atoms with van der Waals surface area (Å²) in [7, 11) is 0. The minimum absolute atomic E-state index is 0.165. The van der Waals surface area contributed by atoms with Gasteiger partial charge in [0.05, 0.1) is 22.8 Å². The summed E-state index contributed by atoms with van der Waals surface area (Å²) in [4.78, 5) is 19.6. The van der Waals surface area contributed by atoms with E-state index in [0.29, 0.717) is 27.1 Å². The number of rotatable bonds is 7. The monoisotopic (exact) mass is 539 g/mol. The van der Waals surface area contributed by atoms with Crippen LogP contribution in [0.2, 0.25) is 0 Å². The van der Waals surface area contributed by atoms with Gasteiger partial charge in [-0.05, 0) is 55.5 Å². The molecule has 198 valence electrons. The number of alkyl halides is 3. The number of aryl methyl sites for hydroxylation is 1. The molecule has 0 atom stereocenters. The fourth-order valence-electron chi connectivity index (χ4n) is 4.08. The number of carbonyl (C=O) groups excluding carboxylic acids is 1. The molecule has 1 aliphatic rings. The van der Waals surface area contributed by atoms with Crippen molar-refractivity contribution in [2.75, 3.05) is 19.8 Å². The Morgan fingerprint density at radius 2 is 1.81 bits per heavy atom. The Morgan fingerprint density at radius 3 is 2.46 bits per heavy atom. The molecule has 0 aliphatic carbocycles. The summed E-state index contributed by atoms with van der Waals surface area (Å²) in [6.45, 7) is 5.50. The smallest absolute Gasteiger partial charge is 0.416 e. The molecule has 0 spiro atoms. The van der Waals surface area contributed by atoms with Crippen molar-refractivity contribution in [3.8, 4) is 16.2 Å². The highest BCUT2D eigenvalue weighted by Crippen LogP contribution is 2.34. The van der Waals surface area contributed by atoms with Gasteiger partial charge in [0, 0.05) is 13.1 Å². The lowest BCUT2D eigenvalue weighted by Gasteiger charge is -2.30. The molecule has 11 heteroatoms. The van der Waals surface area contributed by atoms with E-state index in [0.717, 1.165) is 50.2 Å². The quantitative estimate of drug-likeness (QED) is 0.353. The van der Waals surface area contributed by atoms with Crippen LogP contribution < -0.4 is 10.1 Å². The number of hydrogen-bond donors (Lipinski definition) is 1. The molecule has 4 rings (SSSR count). The molecule has 2 aromatic carbocycles. The topological polar surface area (TPSA) is 54.5 Å². The number of thiazole rings is 1. The number of hydrogen-bond acceptors (Lipinski definition) is 5. The van der Waals surface area contributed by atoms with Gasteiger partial charge in [-0.25, -0.2) is 13.8 Å². The summed E-state index contributed by atoms with van der Waals surface area (Å²) >= 11 is 1.19. The SMILES string of the molecule is Cc1nc(COc2ccc(F)c(C(=O)NCN3CCC(C)CC3)c2F)sc1-c1ccc(C(F)(F)F)cc1. The predicted octanol–water partition coefficient (Wildman–Crippen LogP) is 6.41. The van der Waals surface area contributed by atoms with Gasteiger partial charge in [0.25, 0.3) is 5.91 Å². The maximum absolute atomic E-state index is 15.0. The van der Waals surface area contributed by atoms with Gasteiger partial charge in [-0.3, -0.25) is 9.69 Å². The number of nitrogens with zero attached hydrogens (tertiary/aromatic N) is 2. The molecule has 1 saturated heterocycles. The predicted molar refractivity (Wildman–Crippen MR) is 130 cm³/mol. The van der Waals surface area contributed by atoms with Gasteiger partial charge in [-0.1, -0.05) is 19.1 Å². The van der Waals surface area contributed by atoms with Crippen LogP contribution in [0.1, 0.15) is 46.4 Å². The second kappa shape index (κ2) is 11.1. The Balaban J connectivity index is 1.42. The lowest BCUT2D eigenvalue weighted by molar-refractivity contribution is -0.137. The number of benzene rings is 2. The molecular formula is C26H26F5N3O2S. The van der Waals surface area contributed by atoms with Crippen molar-refractivity contribution >= 4 is 17.2 Å². The fraction of sp³-hybridized carbons (Fsp3) is 0.385. The number of amides is 1. The van der Waals surface area contributed by atoms with Crippen LogP contribution in [0.3, 0.4) is 0 Å². The first kappa shape index (κ1) is 27.0. The zero-order valence-electron chi connectivity index (χ0n) is 20.3. The molecule has 0 radical (unpaired) electrons. The van der Waals surface area contributed by atoms with E-state index < -0.39 is 34.8 Å². The van der Waals surface area contributed by atoms with Gasteiger partial charge in [-0.2, -0.15) is 13.2 Å². The highest BCUT2D eigenvalue weighted by Gasteiger charge is 2.30. The third-order valence-electron chi connectivity index (χ3n) is 6.29. The molecule has 5 nitrogen and oxygen atoms in total. The molecule has 0 saturated carbocycles. The maximum Gasteiger partial charge on any atom is 0.416 e. The first-order chi connectivity index (χ1) is 17.5. The van der Waals surface area contributed by atoms with E-state index in [-0.39, 0.29) is 19.0 Å². The Morgan fingerprint density at radius 1 is 1.14 bits per heavy atom. The molecule has 3 aromatic rings. The standard InChI is InChI=1S/C26H26F5N3O2S/c1-15-9-11-34(12-10-15)14-32-25(35)22-19(27)7-8-20(23(22)28)36-13-21-33-16(2)24(37-21)17-3-5-18(6-4-17)26(29,30)31/h3-8,15H,9-14H2,1-2H3,(H,32,35). The minimum Gasteiger partial charge on any atom is -0.483 e. The summed E-state index contributed by atoms with van der Waals surface area (Å²) < 4.78 is 73.4. The molecule has 0 unspecified atom stereocenters. The summed E-state index contributed by atoms with van der Waals surface area (Å²) in [5.74, 6) is -2.66. The van der Waals surface area contributed by atoms with Crippen LogP contribution in [0, 0.1) is 24.5 Å². The summed E-state index contributed by atoms with van der Waals surface area (Å²) in [5, 5.41) is 3.02. The van der Waals surface area contributed by atoms with Gasteiger partial charge < -0.3 is 10.1 Å². The largest absolute Gasteiger partial charge is 0.483 e. The van der Waals surface area contributed by atoms with E-state index in [9.17, 15) is 22.4 Å². The van der Waals surface area contributed by atoms with Crippen molar-refractivity contribution in [2.45, 2.75) is 39.5 Å². The molecule has 2 heterocycles. The molecule has 0 bridgehead atoms. The van der Waals surface area contributed by atoms with Crippen molar-refractivity contribution < 1.29 is 31.5 Å². The number of likely N-dealkylation sites (tertiary alicyclic amines) is 1. The first-order valence-electron chi connectivity index (χ1n) is 11.8. The Bertz CT molecular complexity index is 1250. The number of ether oxygens (including phenoxy) is 1. The van der Waals surface area contributed by atoms with Crippen molar-refractivity contribution in [2.24, 2.45) is 5.92 Å². The fourth-order valence-corrected chi connectivity index (χ4v) is 5.06. The molecule has 1 amide bonds. The van der Waals surface area contributed by atoms with Crippen LogP contribution in [-0.2, 0) is 12.8 Å². The third kappa shape index (κ3) is 6.45. The van der Waals surface area contributed by atoms with Gasteiger partial charge in [-0.15, -0.1) is 11.3 Å². The highest BCUT2D eigenvalue weighted by atomic mass is 32.1. The summed E-state index contributed by atoms with van der Waals surface area (Å²) in [6.07, 6.45) is -2.43. The van der Waals surface area contributed by atoms with E-state index in [1.54, 1.807) is 6.92 Å². The summed E-state index contributed by atoms with van der Waals surface area (Å²) in [6, 6.07) is 6.79. The Kier molecular flexibility index (Phi) is 8.13. The van der Waals surface area contributed by atoms with Crippen molar-refractivity contribution in [3.63, 3.8) is 0 Å². The zero-order valence-corrected chi connectivity index (χ0v) is 21.1. The van der Waals surface area contributed by atoms with Gasteiger partial charge >= 0.3 is 6.18 Å². The van der Waals surface area contributed by atoms with Gasteiger partial charge in [0.15, 0.2) is 11.6 Å². The first-order valence-corrected chi connectivity index (χ1v) is 12.6. The lowest BCUT2D eigenvalue weighted by atomic mass is 10.00. The molecule has 1 aromatic heterocycles. The van der Waals surface area contributed by atoms with Crippen LogP contribution in [0.4, 0.5) is 22.0 Å². The number of halogens is 5. The molecule has 37 heavy (non-hydrogen) atoms. The molecule has 1 N–H and O–H groups in total. The second-order valence-corrected chi connectivity index (χ2v) is 10.2. The van der Waals surface area contributed by atoms with Crippen LogP contribution in [-0.4, -0.2) is 35.5 Å². The molecule has 1 aliphatic heterocycles. The number of nitrogens with one attached hydrogen (secondary N) is 1. The lowest BCUT2D eigenvalue weighted by Crippen LogP contribution is -2.42. The normalized spacial score (nSPS) is 15.1. The molecule has 1 fully saturated rings. The van der Waals surface area contributed by atoms with E-state index in [4.69, 9.17) is 4.74 Å². The average Bonchev–Trinajstić information content (AvgIpc) is 3.23. The second-order valence-electron chi connectivity index (χ2n) is 9.08. The van der Waals surface area contributed by atoms with Crippen molar-refractivity contribution in [3.05, 3.63) is 69.9 Å². The van der Waals surface area contributed by atoms with E-state index in [1.807, 2.05) is 4.90 Å². The van der Waals surface area contributed by atoms with E-state index in [2.05, 4.69) is 17.2 Å². The zero-order chi connectivity index (χ0) is 26.7. The average molecular weight is 540 g/mol. The van der Waals surface area contributed by atoms with Gasteiger partial charge in [0.1, 0.15) is 23.0 Å². The Labute approximate surface area is 215 Å². The third-order valence-corrected chi connectivity index (χ3v) is 7.47. The number of piperidine rings is 1. The van der Waals surface area contributed by atoms with Crippen molar-refractivity contribution in [1.82, 2.24) is 15.2 Å². The molecular weight excluding hydrogens is 513 g/mol. The van der Waals surface area contributed by atoms with E-state index in [1.165, 1.54) is 23.5 Å². The minimum atomic E-state index is -4.43. The number of carbonyl (C=O) groups is 1. The van der Waals surface area contributed by atoms with Crippen LogP contribution >= 0.6 is 11.3 Å². The van der Waals surface area contributed by atoms with Crippen LogP contribution in [0.15, 0.2) is 36.4 Å².